The van der Waals surface area contributed by atoms with Gasteiger partial charge in [0.05, 0.1) is 23.2 Å². The summed E-state index contributed by atoms with van der Waals surface area (Å²) in [5, 5.41) is 11.9. The summed E-state index contributed by atoms with van der Waals surface area (Å²) in [5.41, 5.74) is 8.23. The highest BCUT2D eigenvalue weighted by Crippen LogP contribution is 2.47. The van der Waals surface area contributed by atoms with Crippen molar-refractivity contribution in [2.75, 3.05) is 5.32 Å². The molecule has 4 nitrogen and oxygen atoms in total. The highest BCUT2D eigenvalue weighted by atomic mass is 16.1. The van der Waals surface area contributed by atoms with Crippen LogP contribution in [0, 0.1) is 0 Å². The minimum absolute atomic E-state index is 0.134. The van der Waals surface area contributed by atoms with E-state index in [0.717, 1.165) is 29.3 Å². The molecule has 0 fully saturated rings. The van der Waals surface area contributed by atoms with Crippen molar-refractivity contribution in [3.63, 3.8) is 0 Å². The Morgan fingerprint density at radius 3 is 2.81 bits per heavy atom. The van der Waals surface area contributed by atoms with Crippen LogP contribution < -0.4 is 5.32 Å². The van der Waals surface area contributed by atoms with Crippen LogP contribution in [-0.2, 0) is 23.1 Å². The summed E-state index contributed by atoms with van der Waals surface area (Å²) in [6.07, 6.45) is 5.25. The van der Waals surface area contributed by atoms with E-state index in [1.165, 1.54) is 34.4 Å². The van der Waals surface area contributed by atoms with Crippen molar-refractivity contribution in [2.45, 2.75) is 51.5 Å². The lowest BCUT2D eigenvalue weighted by Crippen LogP contribution is -2.45. The Bertz CT molecular complexity index is 1060. The second-order valence-corrected chi connectivity index (χ2v) is 8.15. The lowest BCUT2D eigenvalue weighted by atomic mass is 9.72. The third kappa shape index (κ3) is 1.96. The predicted octanol–water partition coefficient (Wildman–Crippen LogP) is 4.38. The fourth-order valence-corrected chi connectivity index (χ4v) is 4.84. The first-order valence-electron chi connectivity index (χ1n) is 9.41. The smallest absolute Gasteiger partial charge is 0.164 e. The maximum atomic E-state index is 12.9. The molecule has 0 saturated carbocycles. The van der Waals surface area contributed by atoms with Crippen molar-refractivity contribution in [1.82, 2.24) is 10.2 Å². The summed E-state index contributed by atoms with van der Waals surface area (Å²) >= 11 is 0. The molecule has 26 heavy (non-hydrogen) atoms. The maximum Gasteiger partial charge on any atom is 0.164 e. The van der Waals surface area contributed by atoms with E-state index < -0.39 is 5.41 Å². The molecule has 1 aromatic heterocycles. The SMILES string of the molecule is CC1Nc2c(cc(-c3cccc4[nH]ncc34)c3c2CCC3)C(C)(C)C1=O. The van der Waals surface area contributed by atoms with E-state index in [0.29, 0.717) is 0 Å². The molecule has 5 rings (SSSR count). The number of carbonyl (C=O) groups is 1. The third-order valence-electron chi connectivity index (χ3n) is 6.22. The minimum atomic E-state index is -0.476. The van der Waals surface area contributed by atoms with Crippen LogP contribution in [0.2, 0.25) is 0 Å². The molecule has 1 unspecified atom stereocenters. The van der Waals surface area contributed by atoms with Crippen LogP contribution in [0.4, 0.5) is 5.69 Å². The summed E-state index contributed by atoms with van der Waals surface area (Å²) in [7, 11) is 0. The molecule has 3 aromatic rings. The number of aromatic nitrogens is 2. The fraction of sp³-hybridized carbons (Fsp3) is 0.364. The van der Waals surface area contributed by atoms with Gasteiger partial charge in [0.15, 0.2) is 5.78 Å². The summed E-state index contributed by atoms with van der Waals surface area (Å²) in [6.45, 7) is 6.11. The zero-order valence-corrected chi connectivity index (χ0v) is 15.4. The van der Waals surface area contributed by atoms with Crippen LogP contribution in [0.5, 0.6) is 0 Å². The first-order valence-corrected chi connectivity index (χ1v) is 9.41. The van der Waals surface area contributed by atoms with Gasteiger partial charge in [-0.2, -0.15) is 5.10 Å². The van der Waals surface area contributed by atoms with E-state index in [-0.39, 0.29) is 11.8 Å². The minimum Gasteiger partial charge on any atom is -0.375 e. The van der Waals surface area contributed by atoms with E-state index in [1.54, 1.807) is 0 Å². The van der Waals surface area contributed by atoms with Gasteiger partial charge < -0.3 is 5.32 Å². The topological polar surface area (TPSA) is 57.8 Å². The van der Waals surface area contributed by atoms with Crippen molar-refractivity contribution in [2.24, 2.45) is 0 Å². The van der Waals surface area contributed by atoms with Gasteiger partial charge in [-0.15, -0.1) is 0 Å². The zero-order chi connectivity index (χ0) is 18.1. The Morgan fingerprint density at radius 2 is 1.96 bits per heavy atom. The number of aromatic amines is 1. The van der Waals surface area contributed by atoms with E-state index in [1.807, 2.05) is 13.1 Å². The summed E-state index contributed by atoms with van der Waals surface area (Å²) in [5.74, 6) is 0.260. The van der Waals surface area contributed by atoms with Gasteiger partial charge in [-0.3, -0.25) is 9.89 Å². The third-order valence-corrected chi connectivity index (χ3v) is 6.22. The Morgan fingerprint density at radius 1 is 1.15 bits per heavy atom. The highest BCUT2D eigenvalue weighted by molar-refractivity contribution is 6.02. The van der Waals surface area contributed by atoms with Crippen molar-refractivity contribution in [3.8, 4) is 11.1 Å². The molecule has 2 heterocycles. The number of hydrogen-bond acceptors (Lipinski definition) is 3. The molecule has 4 heteroatoms. The van der Waals surface area contributed by atoms with E-state index in [4.69, 9.17) is 0 Å². The number of hydrogen-bond donors (Lipinski definition) is 2. The normalized spacial score (nSPS) is 20.7. The summed E-state index contributed by atoms with van der Waals surface area (Å²) in [6, 6.07) is 8.43. The molecule has 0 amide bonds. The Labute approximate surface area is 153 Å². The molecule has 0 spiro atoms. The molecular formula is C22H23N3O. The maximum absolute atomic E-state index is 12.9. The number of fused-ring (bicyclic) bond motifs is 4. The summed E-state index contributed by atoms with van der Waals surface area (Å²) < 4.78 is 0. The van der Waals surface area contributed by atoms with Gasteiger partial charge in [0.1, 0.15) is 0 Å². The predicted molar refractivity (Wildman–Crippen MR) is 105 cm³/mol. The number of benzene rings is 2. The second kappa shape index (κ2) is 5.19. The van der Waals surface area contributed by atoms with Crippen molar-refractivity contribution in [3.05, 3.63) is 47.2 Å². The number of nitrogens with one attached hydrogen (secondary N) is 2. The van der Waals surface area contributed by atoms with Crippen molar-refractivity contribution in [1.29, 1.82) is 0 Å². The zero-order valence-electron chi connectivity index (χ0n) is 15.4. The van der Waals surface area contributed by atoms with Crippen molar-refractivity contribution < 1.29 is 4.79 Å². The standard InChI is InChI=1S/C22H23N3O/c1-12-21(26)22(2,3)18-10-16(13-6-4-8-15(13)20(18)24-12)14-7-5-9-19-17(14)11-23-25-19/h5,7,9-12,24H,4,6,8H2,1-3H3,(H,23,25). The Balaban J connectivity index is 1.84. The van der Waals surface area contributed by atoms with Crippen LogP contribution in [0.25, 0.3) is 22.0 Å². The molecule has 2 aliphatic rings. The molecule has 1 atom stereocenters. The van der Waals surface area contributed by atoms with Gasteiger partial charge in [-0.25, -0.2) is 0 Å². The van der Waals surface area contributed by atoms with Gasteiger partial charge in [0.2, 0.25) is 0 Å². The number of nitrogens with zero attached hydrogens (tertiary/aromatic N) is 1. The highest BCUT2D eigenvalue weighted by Gasteiger charge is 2.41. The molecule has 2 aromatic carbocycles. The molecular weight excluding hydrogens is 322 g/mol. The average Bonchev–Trinajstić information content (AvgIpc) is 3.28. The quantitative estimate of drug-likeness (QED) is 0.688. The monoisotopic (exact) mass is 345 g/mol. The Kier molecular flexibility index (Phi) is 3.12. The van der Waals surface area contributed by atoms with Gasteiger partial charge in [-0.05, 0) is 80.0 Å². The number of rotatable bonds is 1. The summed E-state index contributed by atoms with van der Waals surface area (Å²) in [4.78, 5) is 12.9. The van der Waals surface area contributed by atoms with Crippen LogP contribution in [0.3, 0.4) is 0 Å². The van der Waals surface area contributed by atoms with Gasteiger partial charge in [0.25, 0.3) is 0 Å². The molecule has 0 saturated heterocycles. The van der Waals surface area contributed by atoms with Gasteiger partial charge in [0, 0.05) is 11.1 Å². The van der Waals surface area contributed by atoms with E-state index in [2.05, 4.69) is 53.6 Å². The number of carbonyl (C=O) groups excluding carboxylic acids is 1. The van der Waals surface area contributed by atoms with E-state index in [9.17, 15) is 4.79 Å². The lowest BCUT2D eigenvalue weighted by molar-refractivity contribution is -0.124. The molecule has 132 valence electrons. The van der Waals surface area contributed by atoms with Crippen molar-refractivity contribution >= 4 is 22.4 Å². The van der Waals surface area contributed by atoms with Crippen LogP contribution >= 0.6 is 0 Å². The molecule has 1 aliphatic carbocycles. The van der Waals surface area contributed by atoms with Gasteiger partial charge in [-0.1, -0.05) is 12.1 Å². The molecule has 1 aliphatic heterocycles. The van der Waals surface area contributed by atoms with Gasteiger partial charge >= 0.3 is 0 Å². The first-order chi connectivity index (χ1) is 12.5. The van der Waals surface area contributed by atoms with Crippen LogP contribution in [-0.4, -0.2) is 22.0 Å². The number of Topliss-reactive ketones (excluding diaryl/α,β-unsaturated/α-hetero) is 1. The second-order valence-electron chi connectivity index (χ2n) is 8.15. The first kappa shape index (κ1) is 15.6. The average molecular weight is 345 g/mol. The number of ketones is 1. The van der Waals surface area contributed by atoms with Crippen LogP contribution in [0.1, 0.15) is 43.9 Å². The molecule has 0 bridgehead atoms. The number of anilines is 1. The van der Waals surface area contributed by atoms with E-state index >= 15 is 0 Å². The largest absolute Gasteiger partial charge is 0.375 e. The lowest BCUT2D eigenvalue weighted by Gasteiger charge is -2.37. The number of H-pyrrole nitrogens is 1. The van der Waals surface area contributed by atoms with Crippen LogP contribution in [0.15, 0.2) is 30.5 Å². The Hall–Kier alpha value is -2.62. The molecule has 0 radical (unpaired) electrons. The molecule has 2 N–H and O–H groups in total. The fourth-order valence-electron chi connectivity index (χ4n) is 4.84.